The van der Waals surface area contributed by atoms with E-state index in [1.807, 2.05) is 60.7 Å². The van der Waals surface area contributed by atoms with Crippen LogP contribution in [0.15, 0.2) is 146 Å². The molecule has 0 spiro atoms. The zero-order valence-corrected chi connectivity index (χ0v) is 54.7. The summed E-state index contributed by atoms with van der Waals surface area (Å²) < 4.78 is 33.2. The van der Waals surface area contributed by atoms with E-state index in [1.54, 1.807) is 7.11 Å². The molecule has 0 saturated carbocycles. The van der Waals surface area contributed by atoms with E-state index in [9.17, 15) is 0 Å². The molecule has 0 atom stereocenters. The number of ether oxygens (including phenoxy) is 5. The van der Waals surface area contributed by atoms with Crippen LogP contribution in [0.1, 0.15) is 219 Å². The highest BCUT2D eigenvalue weighted by molar-refractivity contribution is 5.96. The predicted molar refractivity (Wildman–Crippen MR) is 376 cm³/mol. The first-order chi connectivity index (χ1) is 44.0. The Labute approximate surface area is 533 Å². The smallest absolute Gasteiger partial charge is 0.203 e. The molecule has 0 fully saturated rings. The molecule has 0 amide bonds. The van der Waals surface area contributed by atoms with Gasteiger partial charge in [-0.1, -0.05) is 243 Å². The zero-order valence-electron chi connectivity index (χ0n) is 54.7. The Morgan fingerprint density at radius 1 is 0.270 bits per heavy atom. The number of fused-ring (bicyclic) bond motifs is 16. The van der Waals surface area contributed by atoms with Crippen molar-refractivity contribution in [1.82, 2.24) is 20.4 Å². The topological polar surface area (TPSA) is 97.7 Å². The molecular formula is C80H104N4O5. The second-order valence-corrected chi connectivity index (χ2v) is 24.6. The van der Waals surface area contributed by atoms with Crippen molar-refractivity contribution in [3.05, 3.63) is 151 Å². The van der Waals surface area contributed by atoms with E-state index in [2.05, 4.69) is 106 Å². The van der Waals surface area contributed by atoms with E-state index in [4.69, 9.17) is 44.1 Å². The molecule has 12 bridgehead atoms. The van der Waals surface area contributed by atoms with Crippen LogP contribution in [0, 0.1) is 0 Å². The lowest BCUT2D eigenvalue weighted by atomic mass is 10.1. The fourth-order valence-electron chi connectivity index (χ4n) is 11.8. The van der Waals surface area contributed by atoms with E-state index in [0.717, 1.165) is 138 Å². The Kier molecular flexibility index (Phi) is 30.2. The second-order valence-electron chi connectivity index (χ2n) is 24.6. The molecule has 8 rings (SSSR count). The molecule has 474 valence electrons. The molecule has 0 aliphatic rings. The van der Waals surface area contributed by atoms with Gasteiger partial charge in [-0.25, -0.2) is 0 Å². The lowest BCUT2D eigenvalue weighted by Gasteiger charge is -2.19. The second kappa shape index (κ2) is 39.7. The van der Waals surface area contributed by atoms with Crippen LogP contribution in [0.5, 0.6) is 28.7 Å². The van der Waals surface area contributed by atoms with E-state index < -0.39 is 0 Å². The third-order valence-electron chi connectivity index (χ3n) is 17.1. The first kappa shape index (κ1) is 67.7. The van der Waals surface area contributed by atoms with Gasteiger partial charge in [-0.3, -0.25) is 0 Å². The van der Waals surface area contributed by atoms with Crippen molar-refractivity contribution in [2.24, 2.45) is 0 Å². The summed E-state index contributed by atoms with van der Waals surface area (Å²) in [6, 6.07) is 49.7. The number of hydrogen-bond donors (Lipinski definition) is 0. The maximum Gasteiger partial charge on any atom is 0.203 e. The molecule has 0 aliphatic carbocycles. The van der Waals surface area contributed by atoms with Gasteiger partial charge >= 0.3 is 0 Å². The van der Waals surface area contributed by atoms with Crippen molar-refractivity contribution >= 4 is 65.2 Å². The Morgan fingerprint density at radius 3 is 0.876 bits per heavy atom. The Morgan fingerprint density at radius 2 is 0.562 bits per heavy atom. The predicted octanol–water partition coefficient (Wildman–Crippen LogP) is 23.5. The van der Waals surface area contributed by atoms with Gasteiger partial charge in [0, 0.05) is 0 Å². The van der Waals surface area contributed by atoms with E-state index in [1.165, 1.54) is 154 Å². The average molecular weight is 1200 g/mol. The average Bonchev–Trinajstić information content (AvgIpc) is 2.37. The molecule has 0 aliphatic heterocycles. The van der Waals surface area contributed by atoms with Crippen LogP contribution in [0.2, 0.25) is 0 Å². The van der Waals surface area contributed by atoms with E-state index in [0.29, 0.717) is 26.4 Å². The number of benzene rings is 7. The first-order valence-corrected chi connectivity index (χ1v) is 34.8. The van der Waals surface area contributed by atoms with Crippen molar-refractivity contribution in [2.45, 2.75) is 220 Å². The Balaban J connectivity index is 1.11. The summed E-state index contributed by atoms with van der Waals surface area (Å²) in [5.74, 6) is 3.68. The molecule has 0 radical (unpaired) electrons. The van der Waals surface area contributed by atoms with Gasteiger partial charge < -0.3 is 23.7 Å². The fourth-order valence-corrected chi connectivity index (χ4v) is 11.8. The molecule has 9 heteroatoms. The third-order valence-corrected chi connectivity index (χ3v) is 17.1. The van der Waals surface area contributed by atoms with Gasteiger partial charge in [0.1, 0.15) is 18.1 Å². The van der Waals surface area contributed by atoms with Crippen LogP contribution in [0.4, 0.5) is 0 Å². The highest BCUT2D eigenvalue weighted by Gasteiger charge is 2.17. The summed E-state index contributed by atoms with van der Waals surface area (Å²) >= 11 is 0. The van der Waals surface area contributed by atoms with E-state index >= 15 is 0 Å². The van der Waals surface area contributed by atoms with E-state index in [-0.39, 0.29) is 0 Å². The number of methoxy groups -OCH3 is 1. The standard InChI is InChI=1S/C80H104N4O5/c1-5-8-11-14-17-20-23-26-29-32-47-86-78-50-63(51-79(87-48-33-30-27-24-21-18-15-12-9-6-2)80(78)88-49-34-31-28-25-22-19-16-13-10-7-3)62-89-77-60-70-53-71(61-77)67-42-38-46-75(57-67)84-82-73-44-36-40-65(55-73)69-52-68(58-76(59-69)85-4)64-39-35-43-72(54-64)81-83-74-45-37-41-66(70)56-74/h35-46,50-61H,5-34,47-49,62H2,1-4H3. The molecule has 0 unspecified atom stereocenters. The summed E-state index contributed by atoms with van der Waals surface area (Å²) in [7, 11) is 1.70. The normalized spacial score (nSPS) is 11.3. The minimum atomic E-state index is 0.294. The van der Waals surface area contributed by atoms with Crippen LogP contribution < -0.4 is 23.7 Å². The Hall–Kier alpha value is -7.26. The van der Waals surface area contributed by atoms with Gasteiger partial charge in [0.15, 0.2) is 11.5 Å². The summed E-state index contributed by atoms with van der Waals surface area (Å²) in [5.41, 5.74) is 3.92. The number of unbranched alkanes of at least 4 members (excludes halogenated alkanes) is 27. The third kappa shape index (κ3) is 23.9. The van der Waals surface area contributed by atoms with Gasteiger partial charge in [0.05, 0.1) is 49.0 Å². The maximum atomic E-state index is 6.96. The van der Waals surface area contributed by atoms with Crippen molar-refractivity contribution in [3.8, 4) is 28.7 Å². The SMILES string of the molecule is CCCCCCCCCCCCOc1cc(COc2cc3cc(c2)c2cccc(c2)nnc2cccc(c2)c2cc(OC)cc(c2)c2cccc(c2)nnc2cccc3c2)cc(OCCCCCCCCCCCC)c1OCCCCCCCCCCCC. The van der Waals surface area contributed by atoms with Crippen LogP contribution in [0.3, 0.4) is 0 Å². The summed E-state index contributed by atoms with van der Waals surface area (Å²) in [5, 5.41) is 27.1. The molecule has 1 aromatic heterocycles. The van der Waals surface area contributed by atoms with Crippen molar-refractivity contribution in [2.75, 3.05) is 26.9 Å². The minimum Gasteiger partial charge on any atom is -0.497 e. The van der Waals surface area contributed by atoms with Crippen LogP contribution in [-0.4, -0.2) is 47.3 Å². The van der Waals surface area contributed by atoms with Crippen LogP contribution in [-0.2, 0) is 6.61 Å². The highest BCUT2D eigenvalue weighted by Crippen LogP contribution is 2.40. The largest absolute Gasteiger partial charge is 0.497 e. The molecule has 89 heavy (non-hydrogen) atoms. The molecule has 0 saturated heterocycles. The molecular weight excluding hydrogens is 1100 g/mol. The van der Waals surface area contributed by atoms with Gasteiger partial charge in [-0.15, -0.1) is 0 Å². The minimum absolute atomic E-state index is 0.294. The number of nitrogens with zero attached hydrogens (tertiary/aromatic N) is 4. The van der Waals surface area contributed by atoms with Crippen molar-refractivity contribution < 1.29 is 23.7 Å². The van der Waals surface area contributed by atoms with Crippen molar-refractivity contribution in [1.29, 1.82) is 0 Å². The highest BCUT2D eigenvalue weighted by atomic mass is 16.5. The number of hydrogen-bond acceptors (Lipinski definition) is 9. The van der Waals surface area contributed by atoms with Gasteiger partial charge in [-0.2, -0.15) is 20.4 Å². The molecule has 9 nitrogen and oxygen atoms in total. The Bertz CT molecular complexity index is 3360. The van der Waals surface area contributed by atoms with Crippen molar-refractivity contribution in [3.63, 3.8) is 0 Å². The van der Waals surface area contributed by atoms with Crippen LogP contribution >= 0.6 is 0 Å². The summed E-state index contributed by atoms with van der Waals surface area (Å²) in [6.07, 6.45) is 38.2. The van der Waals surface area contributed by atoms with Gasteiger partial charge in [0.25, 0.3) is 0 Å². The van der Waals surface area contributed by atoms with Gasteiger partial charge in [-0.05, 0) is 165 Å². The lowest BCUT2D eigenvalue weighted by molar-refractivity contribution is 0.232. The number of aromatic nitrogens is 4. The monoisotopic (exact) mass is 1200 g/mol. The summed E-state index contributed by atoms with van der Waals surface area (Å²) in [6.45, 7) is 9.03. The summed E-state index contributed by atoms with van der Waals surface area (Å²) in [4.78, 5) is 0. The fraction of sp³-hybridized carbons (Fsp3) is 0.475. The van der Waals surface area contributed by atoms with Gasteiger partial charge in [0.2, 0.25) is 5.75 Å². The maximum absolute atomic E-state index is 6.96. The quantitative estimate of drug-likeness (QED) is 0.0348. The number of rotatable bonds is 40. The molecule has 7 aromatic carbocycles. The molecule has 1 heterocycles. The molecule has 0 N–H and O–H groups in total. The zero-order chi connectivity index (χ0) is 61.8. The first-order valence-electron chi connectivity index (χ1n) is 34.8. The lowest BCUT2D eigenvalue weighted by Crippen LogP contribution is -2.08. The van der Waals surface area contributed by atoms with Crippen LogP contribution in [0.25, 0.3) is 65.2 Å². The molecule has 8 aromatic rings.